The van der Waals surface area contributed by atoms with Crippen LogP contribution in [0, 0.1) is 0 Å². The van der Waals surface area contributed by atoms with Crippen LogP contribution in [0.25, 0.3) is 11.3 Å². The highest BCUT2D eigenvalue weighted by Gasteiger charge is 2.12. The third kappa shape index (κ3) is 3.24. The number of benzene rings is 1. The molecule has 0 saturated carbocycles. The molecular formula is C15H11ClN4OS. The van der Waals surface area contributed by atoms with Gasteiger partial charge in [0.2, 0.25) is 0 Å². The normalized spacial score (nSPS) is 11.0. The number of hydrazone groups is 1. The fraction of sp³-hybridized carbons (Fsp3) is 0. The van der Waals surface area contributed by atoms with Crippen LogP contribution >= 0.6 is 22.9 Å². The quantitative estimate of drug-likeness (QED) is 0.567. The lowest BCUT2D eigenvalue weighted by Gasteiger charge is -1.98. The molecule has 0 bridgehead atoms. The van der Waals surface area contributed by atoms with Crippen LogP contribution in [0.3, 0.4) is 0 Å². The molecule has 0 spiro atoms. The second-order valence-electron chi connectivity index (χ2n) is 4.36. The number of halogens is 1. The number of hydrogen-bond donors (Lipinski definition) is 2. The van der Waals surface area contributed by atoms with Crippen LogP contribution in [0.4, 0.5) is 0 Å². The Morgan fingerprint density at radius 3 is 2.95 bits per heavy atom. The van der Waals surface area contributed by atoms with Crippen LogP contribution in [-0.2, 0) is 0 Å². The van der Waals surface area contributed by atoms with Gasteiger partial charge in [0.25, 0.3) is 5.91 Å². The molecule has 3 rings (SSSR count). The van der Waals surface area contributed by atoms with Gasteiger partial charge in [0.15, 0.2) is 0 Å². The summed E-state index contributed by atoms with van der Waals surface area (Å²) >= 11 is 7.65. The summed E-state index contributed by atoms with van der Waals surface area (Å²) in [4.78, 5) is 12.9. The number of amides is 1. The summed E-state index contributed by atoms with van der Waals surface area (Å²) in [5, 5.41) is 13.2. The summed E-state index contributed by atoms with van der Waals surface area (Å²) in [5.41, 5.74) is 4.14. The van der Waals surface area contributed by atoms with Gasteiger partial charge in [-0.05, 0) is 23.6 Å². The summed E-state index contributed by atoms with van der Waals surface area (Å²) in [6.07, 6.45) is 1.59. The average Bonchev–Trinajstić information content (AvgIpc) is 3.19. The first-order valence-electron chi connectivity index (χ1n) is 6.41. The van der Waals surface area contributed by atoms with E-state index in [2.05, 4.69) is 20.7 Å². The minimum absolute atomic E-state index is 0.318. The Balaban J connectivity index is 1.71. The van der Waals surface area contributed by atoms with Gasteiger partial charge < -0.3 is 0 Å². The standard InChI is InChI=1S/C15H11ClN4OS/c16-12-6-2-1-5-11(12)13-8-14(19-18-13)15(21)20-17-9-10-4-3-7-22-10/h1-9H,(H,18,19)(H,20,21). The number of rotatable bonds is 4. The molecule has 110 valence electrons. The number of hydrogen-bond acceptors (Lipinski definition) is 4. The second-order valence-corrected chi connectivity index (χ2v) is 5.75. The van der Waals surface area contributed by atoms with Gasteiger partial charge >= 0.3 is 0 Å². The second kappa shape index (κ2) is 6.55. The highest BCUT2D eigenvalue weighted by atomic mass is 35.5. The molecule has 1 aromatic carbocycles. The lowest BCUT2D eigenvalue weighted by atomic mass is 10.1. The number of aromatic nitrogens is 2. The van der Waals surface area contributed by atoms with E-state index in [1.54, 1.807) is 18.3 Å². The molecule has 0 aliphatic rings. The number of nitrogens with one attached hydrogen (secondary N) is 2. The van der Waals surface area contributed by atoms with E-state index < -0.39 is 0 Å². The van der Waals surface area contributed by atoms with E-state index in [9.17, 15) is 4.79 Å². The Labute approximate surface area is 135 Å². The van der Waals surface area contributed by atoms with Crippen molar-refractivity contribution in [2.24, 2.45) is 5.10 Å². The molecule has 0 unspecified atom stereocenters. The van der Waals surface area contributed by atoms with Gasteiger partial charge in [-0.15, -0.1) is 11.3 Å². The van der Waals surface area contributed by atoms with Crippen molar-refractivity contribution in [3.05, 3.63) is 63.4 Å². The molecule has 0 aliphatic heterocycles. The summed E-state index contributed by atoms with van der Waals surface area (Å²) in [6.45, 7) is 0. The van der Waals surface area contributed by atoms with Crippen molar-refractivity contribution in [2.45, 2.75) is 0 Å². The largest absolute Gasteiger partial charge is 0.289 e. The van der Waals surface area contributed by atoms with Gasteiger partial charge in [-0.25, -0.2) is 5.43 Å². The van der Waals surface area contributed by atoms with Crippen molar-refractivity contribution in [1.82, 2.24) is 15.6 Å². The Hall–Kier alpha value is -2.44. The molecule has 1 amide bonds. The summed E-state index contributed by atoms with van der Waals surface area (Å²) in [7, 11) is 0. The van der Waals surface area contributed by atoms with E-state index in [-0.39, 0.29) is 5.91 Å². The van der Waals surface area contributed by atoms with Gasteiger partial charge in [0.1, 0.15) is 5.69 Å². The van der Waals surface area contributed by atoms with E-state index >= 15 is 0 Å². The zero-order valence-electron chi connectivity index (χ0n) is 11.3. The molecule has 5 nitrogen and oxygen atoms in total. The predicted octanol–water partition coefficient (Wildman–Crippen LogP) is 3.56. The van der Waals surface area contributed by atoms with Gasteiger partial charge in [-0.1, -0.05) is 35.9 Å². The Morgan fingerprint density at radius 2 is 2.18 bits per heavy atom. The van der Waals surface area contributed by atoms with Crippen molar-refractivity contribution in [1.29, 1.82) is 0 Å². The molecule has 2 aromatic heterocycles. The van der Waals surface area contributed by atoms with Crippen LogP contribution in [0.15, 0.2) is 52.9 Å². The zero-order valence-corrected chi connectivity index (χ0v) is 12.9. The molecule has 2 N–H and O–H groups in total. The van der Waals surface area contributed by atoms with Crippen molar-refractivity contribution in [3.8, 4) is 11.3 Å². The summed E-state index contributed by atoms with van der Waals surface area (Å²) in [5.74, 6) is -0.362. The third-order valence-corrected chi connectivity index (χ3v) is 4.01. The number of carbonyl (C=O) groups is 1. The van der Waals surface area contributed by atoms with Crippen molar-refractivity contribution in [2.75, 3.05) is 0 Å². The van der Waals surface area contributed by atoms with E-state index in [0.29, 0.717) is 16.4 Å². The van der Waals surface area contributed by atoms with E-state index in [4.69, 9.17) is 11.6 Å². The lowest BCUT2D eigenvalue weighted by molar-refractivity contribution is 0.0950. The zero-order chi connectivity index (χ0) is 15.4. The third-order valence-electron chi connectivity index (χ3n) is 2.87. The summed E-state index contributed by atoms with van der Waals surface area (Å²) < 4.78 is 0. The number of H-pyrrole nitrogens is 1. The topological polar surface area (TPSA) is 70.1 Å². The molecule has 0 radical (unpaired) electrons. The first kappa shape index (κ1) is 14.5. The van der Waals surface area contributed by atoms with Crippen LogP contribution in [-0.4, -0.2) is 22.3 Å². The van der Waals surface area contributed by atoms with E-state index in [1.807, 2.05) is 35.7 Å². The van der Waals surface area contributed by atoms with Crippen LogP contribution in [0.5, 0.6) is 0 Å². The van der Waals surface area contributed by atoms with Gasteiger partial charge in [0, 0.05) is 10.4 Å². The number of nitrogens with zero attached hydrogens (tertiary/aromatic N) is 2. The number of aromatic amines is 1. The highest BCUT2D eigenvalue weighted by Crippen LogP contribution is 2.26. The molecule has 0 fully saturated rings. The molecule has 22 heavy (non-hydrogen) atoms. The number of carbonyl (C=O) groups excluding carboxylic acids is 1. The Kier molecular flexibility index (Phi) is 4.32. The highest BCUT2D eigenvalue weighted by molar-refractivity contribution is 7.11. The smallest absolute Gasteiger partial charge is 0.272 e. The maximum absolute atomic E-state index is 12.0. The molecule has 7 heteroatoms. The van der Waals surface area contributed by atoms with Crippen LogP contribution < -0.4 is 5.43 Å². The molecule has 2 heterocycles. The molecule has 0 atom stereocenters. The maximum atomic E-state index is 12.0. The monoisotopic (exact) mass is 330 g/mol. The molecule has 3 aromatic rings. The lowest BCUT2D eigenvalue weighted by Crippen LogP contribution is -2.17. The van der Waals surface area contributed by atoms with Crippen molar-refractivity contribution in [3.63, 3.8) is 0 Å². The minimum Gasteiger partial charge on any atom is -0.272 e. The Bertz CT molecular complexity index is 811. The summed E-state index contributed by atoms with van der Waals surface area (Å²) in [6, 6.07) is 12.8. The predicted molar refractivity (Wildman–Crippen MR) is 88.4 cm³/mol. The average molecular weight is 331 g/mol. The fourth-order valence-corrected chi connectivity index (χ4v) is 2.64. The molecule has 0 saturated heterocycles. The van der Waals surface area contributed by atoms with Crippen LogP contribution in [0.2, 0.25) is 5.02 Å². The van der Waals surface area contributed by atoms with Crippen LogP contribution in [0.1, 0.15) is 15.4 Å². The van der Waals surface area contributed by atoms with Crippen molar-refractivity contribution >= 4 is 35.1 Å². The van der Waals surface area contributed by atoms with Crippen molar-refractivity contribution < 1.29 is 4.79 Å². The number of thiophene rings is 1. The van der Waals surface area contributed by atoms with E-state index in [1.165, 1.54) is 11.3 Å². The van der Waals surface area contributed by atoms with E-state index in [0.717, 1.165) is 10.4 Å². The van der Waals surface area contributed by atoms with Gasteiger partial charge in [-0.3, -0.25) is 9.89 Å². The fourth-order valence-electron chi connectivity index (χ4n) is 1.82. The first-order chi connectivity index (χ1) is 10.7. The molecular weight excluding hydrogens is 320 g/mol. The Morgan fingerprint density at radius 1 is 1.32 bits per heavy atom. The minimum atomic E-state index is -0.362. The van der Waals surface area contributed by atoms with Gasteiger partial charge in [-0.2, -0.15) is 10.2 Å². The maximum Gasteiger partial charge on any atom is 0.289 e. The van der Waals surface area contributed by atoms with Gasteiger partial charge in [0.05, 0.1) is 16.9 Å². The SMILES string of the molecule is O=C(NN=Cc1cccs1)c1cc(-c2ccccc2Cl)n[nH]1. The molecule has 0 aliphatic carbocycles. The first-order valence-corrected chi connectivity index (χ1v) is 7.67.